The van der Waals surface area contributed by atoms with Crippen LogP contribution in [0.4, 0.5) is 8.78 Å². The van der Waals surface area contributed by atoms with Crippen molar-refractivity contribution >= 4 is 28.6 Å². The van der Waals surface area contributed by atoms with Crippen molar-refractivity contribution in [1.29, 1.82) is 0 Å². The summed E-state index contributed by atoms with van der Waals surface area (Å²) in [5.74, 6) is -0.0164. The molecular weight excluding hydrogens is 458 g/mol. The Morgan fingerprint density at radius 2 is 2.06 bits per heavy atom. The molecule has 1 atom stereocenters. The molecule has 8 heteroatoms. The fourth-order valence-corrected chi connectivity index (χ4v) is 6.70. The standard InChI is InChI=1S/C26H34F2N2O3S/c1-33-18-6-7-23-20(16-18)24(22(28)17-29-23)21(27)8-9-26(25(31)32)10-12-30(13-11-26)14-15-34-19-4-2-3-5-19/h6-7,16-17,19,21H,2-5,8-15H2,1H3,(H,31,32)/t21-/m0/s1. The molecule has 2 heterocycles. The molecule has 0 radical (unpaired) electrons. The van der Waals surface area contributed by atoms with E-state index >= 15 is 4.39 Å². The monoisotopic (exact) mass is 492 g/mol. The van der Waals surface area contributed by atoms with E-state index in [-0.39, 0.29) is 18.4 Å². The highest BCUT2D eigenvalue weighted by molar-refractivity contribution is 7.99. The molecule has 5 nitrogen and oxygen atoms in total. The van der Waals surface area contributed by atoms with Crippen LogP contribution >= 0.6 is 11.8 Å². The smallest absolute Gasteiger partial charge is 0.309 e. The summed E-state index contributed by atoms with van der Waals surface area (Å²) in [7, 11) is 1.50. The van der Waals surface area contributed by atoms with Crippen LogP contribution in [0, 0.1) is 11.2 Å². The Balaban J connectivity index is 1.37. The number of fused-ring (bicyclic) bond motifs is 1. The number of likely N-dealkylation sites (tertiary alicyclic amines) is 1. The minimum absolute atomic E-state index is 0.0446. The van der Waals surface area contributed by atoms with Crippen molar-refractivity contribution in [1.82, 2.24) is 9.88 Å². The van der Waals surface area contributed by atoms with Gasteiger partial charge in [0.1, 0.15) is 17.7 Å². The molecule has 2 fully saturated rings. The number of methoxy groups -OCH3 is 1. The molecule has 1 aliphatic carbocycles. The molecule has 4 rings (SSSR count). The summed E-state index contributed by atoms with van der Waals surface area (Å²) in [5, 5.41) is 11.2. The number of carboxylic acids is 1. The van der Waals surface area contributed by atoms with Gasteiger partial charge in [0.2, 0.25) is 0 Å². The van der Waals surface area contributed by atoms with Gasteiger partial charge >= 0.3 is 5.97 Å². The van der Waals surface area contributed by atoms with Crippen molar-refractivity contribution in [2.45, 2.75) is 62.8 Å². The van der Waals surface area contributed by atoms with Gasteiger partial charge in [-0.25, -0.2) is 8.78 Å². The molecular formula is C26H34F2N2O3S. The van der Waals surface area contributed by atoms with Crippen molar-refractivity contribution in [2.75, 3.05) is 32.5 Å². The number of ether oxygens (including phenoxy) is 1. The molecule has 0 unspecified atom stereocenters. The number of pyridine rings is 1. The first kappa shape index (κ1) is 25.2. The molecule has 34 heavy (non-hydrogen) atoms. The van der Waals surface area contributed by atoms with Gasteiger partial charge in [-0.05, 0) is 69.8 Å². The number of hydrogen-bond acceptors (Lipinski definition) is 5. The third kappa shape index (κ3) is 5.65. The lowest BCUT2D eigenvalue weighted by molar-refractivity contribution is -0.153. The van der Waals surface area contributed by atoms with Gasteiger partial charge in [-0.2, -0.15) is 11.8 Å². The highest BCUT2D eigenvalue weighted by atomic mass is 32.2. The van der Waals surface area contributed by atoms with Crippen LogP contribution in [0.2, 0.25) is 0 Å². The summed E-state index contributed by atoms with van der Waals surface area (Å²) in [4.78, 5) is 18.6. The van der Waals surface area contributed by atoms with Crippen LogP contribution in [0.15, 0.2) is 24.4 Å². The van der Waals surface area contributed by atoms with Crippen molar-refractivity contribution in [2.24, 2.45) is 5.41 Å². The van der Waals surface area contributed by atoms with E-state index in [0.29, 0.717) is 42.6 Å². The Kier molecular flexibility index (Phi) is 8.30. The number of thioether (sulfide) groups is 1. The number of halogens is 2. The van der Waals surface area contributed by atoms with E-state index in [1.54, 1.807) is 18.2 Å². The van der Waals surface area contributed by atoms with Crippen LogP contribution in [0.25, 0.3) is 10.9 Å². The van der Waals surface area contributed by atoms with Crippen LogP contribution < -0.4 is 4.74 Å². The zero-order valence-corrected chi connectivity index (χ0v) is 20.6. The second kappa shape index (κ2) is 11.2. The minimum Gasteiger partial charge on any atom is -0.497 e. The van der Waals surface area contributed by atoms with Gasteiger partial charge in [0.15, 0.2) is 0 Å². The topological polar surface area (TPSA) is 62.7 Å². The summed E-state index contributed by atoms with van der Waals surface area (Å²) >= 11 is 2.04. The zero-order chi connectivity index (χ0) is 24.1. The Morgan fingerprint density at radius 1 is 1.32 bits per heavy atom. The molecule has 1 saturated carbocycles. The molecule has 1 N–H and O–H groups in total. The van der Waals surface area contributed by atoms with Gasteiger partial charge < -0.3 is 14.7 Å². The number of piperidine rings is 1. The number of hydrogen-bond donors (Lipinski definition) is 1. The lowest BCUT2D eigenvalue weighted by Crippen LogP contribution is -2.45. The van der Waals surface area contributed by atoms with Crippen LogP contribution in [-0.2, 0) is 4.79 Å². The fraction of sp³-hybridized carbons (Fsp3) is 0.615. The maximum Gasteiger partial charge on any atom is 0.309 e. The predicted molar refractivity (Wildman–Crippen MR) is 132 cm³/mol. The second-order valence-electron chi connectivity index (χ2n) is 9.61. The summed E-state index contributed by atoms with van der Waals surface area (Å²) in [6.45, 7) is 2.38. The molecule has 0 amide bonds. The number of nitrogens with zero attached hydrogens (tertiary/aromatic N) is 2. The maximum absolute atomic E-state index is 15.4. The molecule has 1 aromatic heterocycles. The molecule has 0 spiro atoms. The number of aliphatic carboxylic acids is 1. The van der Waals surface area contributed by atoms with E-state index in [2.05, 4.69) is 9.88 Å². The maximum atomic E-state index is 15.4. The number of carbonyl (C=O) groups is 1. The number of carboxylic acid groups (broad SMARTS) is 1. The van der Waals surface area contributed by atoms with Gasteiger partial charge in [0, 0.05) is 28.5 Å². The van der Waals surface area contributed by atoms with Crippen molar-refractivity contribution in [3.05, 3.63) is 35.8 Å². The van der Waals surface area contributed by atoms with E-state index in [1.165, 1.54) is 32.8 Å². The number of benzene rings is 1. The quantitative estimate of drug-likeness (QED) is 0.438. The first-order valence-corrected chi connectivity index (χ1v) is 13.3. The molecule has 186 valence electrons. The Hall–Kier alpha value is -1.93. The minimum atomic E-state index is -1.62. The third-order valence-corrected chi connectivity index (χ3v) is 8.95. The summed E-state index contributed by atoms with van der Waals surface area (Å²) in [6.07, 6.45) is 5.86. The lowest BCUT2D eigenvalue weighted by Gasteiger charge is -2.39. The first-order valence-electron chi connectivity index (χ1n) is 12.3. The summed E-state index contributed by atoms with van der Waals surface area (Å²) in [6, 6.07) is 4.95. The number of aromatic nitrogens is 1. The Morgan fingerprint density at radius 3 is 2.74 bits per heavy atom. The van der Waals surface area contributed by atoms with Crippen LogP contribution in [0.1, 0.15) is 63.1 Å². The molecule has 2 aliphatic rings. The number of alkyl halides is 1. The molecule has 1 saturated heterocycles. The summed E-state index contributed by atoms with van der Waals surface area (Å²) in [5.41, 5.74) is -0.543. The fourth-order valence-electron chi connectivity index (χ4n) is 5.34. The Bertz CT molecular complexity index is 991. The molecule has 1 aromatic carbocycles. The van der Waals surface area contributed by atoms with Crippen molar-refractivity contribution in [3.8, 4) is 5.75 Å². The van der Waals surface area contributed by atoms with E-state index in [1.807, 2.05) is 11.8 Å². The average molecular weight is 493 g/mol. The number of rotatable bonds is 10. The van der Waals surface area contributed by atoms with Gasteiger partial charge in [-0.15, -0.1) is 0 Å². The van der Waals surface area contributed by atoms with E-state index in [4.69, 9.17) is 4.74 Å². The van der Waals surface area contributed by atoms with Gasteiger partial charge in [0.25, 0.3) is 0 Å². The third-order valence-electron chi connectivity index (χ3n) is 7.59. The molecule has 2 aromatic rings. The summed E-state index contributed by atoms with van der Waals surface area (Å²) < 4.78 is 35.3. The normalized spacial score (nSPS) is 20.0. The van der Waals surface area contributed by atoms with Gasteiger partial charge in [-0.3, -0.25) is 9.78 Å². The highest BCUT2D eigenvalue weighted by Gasteiger charge is 2.42. The highest BCUT2D eigenvalue weighted by Crippen LogP contribution is 2.41. The van der Waals surface area contributed by atoms with E-state index in [9.17, 15) is 14.3 Å². The van der Waals surface area contributed by atoms with Crippen LogP contribution in [0.3, 0.4) is 0 Å². The molecule has 0 bridgehead atoms. The van der Waals surface area contributed by atoms with E-state index in [0.717, 1.165) is 23.7 Å². The lowest BCUT2D eigenvalue weighted by atomic mass is 9.74. The zero-order valence-electron chi connectivity index (χ0n) is 19.8. The first-order chi connectivity index (χ1) is 16.4. The van der Waals surface area contributed by atoms with Crippen LogP contribution in [-0.4, -0.2) is 58.7 Å². The second-order valence-corrected chi connectivity index (χ2v) is 11.0. The van der Waals surface area contributed by atoms with E-state index < -0.39 is 23.4 Å². The van der Waals surface area contributed by atoms with Gasteiger partial charge in [0.05, 0.1) is 24.2 Å². The largest absolute Gasteiger partial charge is 0.497 e. The SMILES string of the molecule is COc1ccc2ncc(F)c([C@@H](F)CCC3(C(=O)O)CCN(CCSC4CCCC4)CC3)c2c1. The molecule has 1 aliphatic heterocycles. The average Bonchev–Trinajstić information content (AvgIpc) is 3.36. The van der Waals surface area contributed by atoms with Crippen molar-refractivity contribution < 1.29 is 23.4 Å². The van der Waals surface area contributed by atoms with Crippen LogP contribution in [0.5, 0.6) is 5.75 Å². The predicted octanol–water partition coefficient (Wildman–Crippen LogP) is 6.02. The van der Waals surface area contributed by atoms with Gasteiger partial charge in [-0.1, -0.05) is 12.8 Å². The van der Waals surface area contributed by atoms with Crippen molar-refractivity contribution in [3.63, 3.8) is 0 Å². The Labute approximate surface area is 204 Å².